The van der Waals surface area contributed by atoms with E-state index < -0.39 is 23.0 Å². The minimum absolute atomic E-state index is 0.0381. The molecular formula is C18H21NO5. The van der Waals surface area contributed by atoms with Crippen LogP contribution in [0.2, 0.25) is 0 Å². The van der Waals surface area contributed by atoms with Gasteiger partial charge in [-0.1, -0.05) is 12.1 Å². The Hall–Kier alpha value is -2.76. The monoisotopic (exact) mass is 331 g/mol. The van der Waals surface area contributed by atoms with Gasteiger partial charge in [-0.25, -0.2) is 0 Å². The van der Waals surface area contributed by atoms with Crippen LogP contribution in [-0.4, -0.2) is 17.1 Å². The van der Waals surface area contributed by atoms with E-state index >= 15 is 0 Å². The Morgan fingerprint density at radius 1 is 1.29 bits per heavy atom. The summed E-state index contributed by atoms with van der Waals surface area (Å²) in [6.45, 7) is 5.44. The van der Waals surface area contributed by atoms with Gasteiger partial charge in [0.1, 0.15) is 11.5 Å². The van der Waals surface area contributed by atoms with Gasteiger partial charge in [0.2, 0.25) is 17.1 Å². The molecule has 6 heteroatoms. The topological polar surface area (TPSA) is 103 Å². The fraction of sp³-hybridized carbons (Fsp3) is 0.333. The molecule has 3 N–H and O–H groups in total. The first kappa shape index (κ1) is 17.6. The van der Waals surface area contributed by atoms with Crippen molar-refractivity contribution in [1.82, 2.24) is 0 Å². The van der Waals surface area contributed by atoms with E-state index in [0.717, 1.165) is 0 Å². The second-order valence-electron chi connectivity index (χ2n) is 5.89. The summed E-state index contributed by atoms with van der Waals surface area (Å²) in [7, 11) is 0. The summed E-state index contributed by atoms with van der Waals surface area (Å²) < 4.78 is 11.1. The summed E-state index contributed by atoms with van der Waals surface area (Å²) in [4.78, 5) is 23.3. The molecule has 6 nitrogen and oxygen atoms in total. The van der Waals surface area contributed by atoms with Crippen molar-refractivity contribution in [3.8, 4) is 11.5 Å². The fourth-order valence-electron chi connectivity index (χ4n) is 2.48. The largest absolute Gasteiger partial charge is 0.502 e. The number of primary amides is 1. The maximum absolute atomic E-state index is 11.8. The van der Waals surface area contributed by atoms with Crippen LogP contribution in [0.5, 0.6) is 11.5 Å². The smallest absolute Gasteiger partial charge is 0.227 e. The van der Waals surface area contributed by atoms with Crippen LogP contribution in [-0.2, 0) is 4.79 Å². The van der Waals surface area contributed by atoms with Gasteiger partial charge in [0.25, 0.3) is 0 Å². The number of ether oxygens (including phenoxy) is 1. The number of carbonyl (C=O) groups excluding carboxylic acids is 1. The Labute approximate surface area is 139 Å². The number of benzene rings is 1. The number of rotatable bonds is 6. The van der Waals surface area contributed by atoms with Crippen molar-refractivity contribution in [3.05, 3.63) is 57.6 Å². The van der Waals surface area contributed by atoms with Crippen molar-refractivity contribution < 1.29 is 19.1 Å². The average molecular weight is 331 g/mol. The van der Waals surface area contributed by atoms with Gasteiger partial charge in [0.15, 0.2) is 5.76 Å². The van der Waals surface area contributed by atoms with E-state index in [1.807, 2.05) is 13.8 Å². The van der Waals surface area contributed by atoms with Crippen LogP contribution in [0.1, 0.15) is 43.3 Å². The van der Waals surface area contributed by atoms with Crippen LogP contribution < -0.4 is 15.9 Å². The summed E-state index contributed by atoms with van der Waals surface area (Å²) in [5.74, 6) is -0.650. The molecule has 1 heterocycles. The molecular weight excluding hydrogens is 310 g/mol. The minimum atomic E-state index is -0.650. The Morgan fingerprint density at radius 2 is 1.92 bits per heavy atom. The quantitative estimate of drug-likeness (QED) is 0.846. The van der Waals surface area contributed by atoms with Crippen LogP contribution >= 0.6 is 0 Å². The molecule has 0 radical (unpaired) electrons. The maximum Gasteiger partial charge on any atom is 0.227 e. The Balaban J connectivity index is 2.46. The van der Waals surface area contributed by atoms with Crippen LogP contribution in [0.25, 0.3) is 0 Å². The number of hydrogen-bond donors (Lipinski definition) is 2. The standard InChI is InChI=1S/C18H21NO5/c1-10(2)23-13-6-4-12(5-7-13)14(9-16(19)21)18-17(22)15(20)8-11(3)24-18/h4-8,10,14,22H,9H2,1-3H3,(H2,19,21)/t14-/m1/s1. The second-order valence-corrected chi connectivity index (χ2v) is 5.89. The van der Waals surface area contributed by atoms with Crippen molar-refractivity contribution in [2.24, 2.45) is 5.73 Å². The van der Waals surface area contributed by atoms with E-state index in [-0.39, 0.29) is 18.3 Å². The molecule has 0 aliphatic rings. The zero-order valence-corrected chi connectivity index (χ0v) is 13.9. The predicted molar refractivity (Wildman–Crippen MR) is 89.2 cm³/mol. The molecule has 0 aliphatic heterocycles. The van der Waals surface area contributed by atoms with Gasteiger partial charge in [0.05, 0.1) is 12.0 Å². The summed E-state index contributed by atoms with van der Waals surface area (Å²) in [6.07, 6.45) is -0.0549. The SMILES string of the molecule is Cc1cc(=O)c(O)c([C@H](CC(N)=O)c2ccc(OC(C)C)cc2)o1. The normalized spacial score (nSPS) is 12.2. The average Bonchev–Trinajstić information content (AvgIpc) is 2.49. The zero-order chi connectivity index (χ0) is 17.9. The third kappa shape index (κ3) is 4.16. The first-order valence-electron chi connectivity index (χ1n) is 7.66. The molecule has 0 unspecified atom stereocenters. The van der Waals surface area contributed by atoms with Gasteiger partial charge in [-0.2, -0.15) is 0 Å². The van der Waals surface area contributed by atoms with E-state index in [4.69, 9.17) is 14.9 Å². The molecule has 1 amide bonds. The number of amides is 1. The van der Waals surface area contributed by atoms with Crippen LogP contribution in [0.15, 0.2) is 39.5 Å². The molecule has 0 saturated heterocycles. The lowest BCUT2D eigenvalue weighted by Gasteiger charge is -2.17. The van der Waals surface area contributed by atoms with Crippen molar-refractivity contribution in [2.75, 3.05) is 0 Å². The summed E-state index contributed by atoms with van der Waals surface area (Å²) in [6, 6.07) is 8.22. The second kappa shape index (κ2) is 7.21. The Bertz CT molecular complexity index is 777. The molecule has 0 bridgehead atoms. The van der Waals surface area contributed by atoms with Gasteiger partial charge in [0, 0.05) is 12.5 Å². The van der Waals surface area contributed by atoms with Gasteiger partial charge in [-0.3, -0.25) is 9.59 Å². The van der Waals surface area contributed by atoms with Crippen molar-refractivity contribution in [1.29, 1.82) is 0 Å². The summed E-state index contributed by atoms with van der Waals surface area (Å²) >= 11 is 0. The first-order chi connectivity index (χ1) is 11.3. The van der Waals surface area contributed by atoms with Gasteiger partial charge < -0.3 is 20.0 Å². The van der Waals surface area contributed by atoms with E-state index in [9.17, 15) is 14.7 Å². The fourth-order valence-corrected chi connectivity index (χ4v) is 2.48. The summed E-state index contributed by atoms with van der Waals surface area (Å²) in [5.41, 5.74) is 5.46. The molecule has 128 valence electrons. The van der Waals surface area contributed by atoms with E-state index in [0.29, 0.717) is 17.1 Å². The lowest BCUT2D eigenvalue weighted by molar-refractivity contribution is -0.118. The number of carbonyl (C=O) groups is 1. The molecule has 0 fully saturated rings. The molecule has 0 spiro atoms. The van der Waals surface area contributed by atoms with Crippen LogP contribution in [0.3, 0.4) is 0 Å². The summed E-state index contributed by atoms with van der Waals surface area (Å²) in [5, 5.41) is 10.1. The van der Waals surface area contributed by atoms with E-state index in [1.54, 1.807) is 31.2 Å². The molecule has 0 aliphatic carbocycles. The van der Waals surface area contributed by atoms with Crippen LogP contribution in [0, 0.1) is 6.92 Å². The van der Waals surface area contributed by atoms with E-state index in [1.165, 1.54) is 6.07 Å². The van der Waals surface area contributed by atoms with Gasteiger partial charge >= 0.3 is 0 Å². The Kier molecular flexibility index (Phi) is 5.28. The molecule has 2 rings (SSSR count). The number of aromatic hydroxyl groups is 1. The highest BCUT2D eigenvalue weighted by Gasteiger charge is 2.25. The maximum atomic E-state index is 11.8. The molecule has 2 aromatic rings. The lowest BCUT2D eigenvalue weighted by Crippen LogP contribution is -2.18. The van der Waals surface area contributed by atoms with Crippen molar-refractivity contribution in [3.63, 3.8) is 0 Å². The molecule has 0 saturated carbocycles. The van der Waals surface area contributed by atoms with Gasteiger partial charge in [-0.15, -0.1) is 0 Å². The highest BCUT2D eigenvalue weighted by Crippen LogP contribution is 2.33. The molecule has 1 atom stereocenters. The van der Waals surface area contributed by atoms with Crippen LogP contribution in [0.4, 0.5) is 0 Å². The number of aryl methyl sites for hydroxylation is 1. The highest BCUT2D eigenvalue weighted by molar-refractivity contribution is 5.75. The number of nitrogens with two attached hydrogens (primary N) is 1. The van der Waals surface area contributed by atoms with Gasteiger partial charge in [-0.05, 0) is 38.5 Å². The highest BCUT2D eigenvalue weighted by atomic mass is 16.5. The minimum Gasteiger partial charge on any atom is -0.502 e. The lowest BCUT2D eigenvalue weighted by atomic mass is 9.92. The molecule has 1 aromatic heterocycles. The van der Waals surface area contributed by atoms with Crippen molar-refractivity contribution in [2.45, 2.75) is 39.2 Å². The molecule has 1 aromatic carbocycles. The Morgan fingerprint density at radius 3 is 2.46 bits per heavy atom. The van der Waals surface area contributed by atoms with E-state index in [2.05, 4.69) is 0 Å². The third-order valence-corrected chi connectivity index (χ3v) is 3.45. The number of hydrogen-bond acceptors (Lipinski definition) is 5. The van der Waals surface area contributed by atoms with Crippen molar-refractivity contribution >= 4 is 5.91 Å². The first-order valence-corrected chi connectivity index (χ1v) is 7.66. The predicted octanol–water partition coefficient (Wildman–Crippen LogP) is 2.45. The third-order valence-electron chi connectivity index (χ3n) is 3.45. The molecule has 24 heavy (non-hydrogen) atoms. The zero-order valence-electron chi connectivity index (χ0n) is 13.9.